The van der Waals surface area contributed by atoms with E-state index < -0.39 is 71.8 Å². The number of ether oxygens (including phenoxy) is 4. The lowest BCUT2D eigenvalue weighted by atomic mass is 9.91. The van der Waals surface area contributed by atoms with Gasteiger partial charge in [0.1, 0.15) is 43.0 Å². The van der Waals surface area contributed by atoms with Crippen LogP contribution in [0.2, 0.25) is 0 Å². The molecule has 5 aliphatic heterocycles. The van der Waals surface area contributed by atoms with Crippen LogP contribution in [0.5, 0.6) is 11.6 Å². The van der Waals surface area contributed by atoms with Crippen molar-refractivity contribution in [3.05, 3.63) is 125 Å². The van der Waals surface area contributed by atoms with Gasteiger partial charge in [0, 0.05) is 88.1 Å². The van der Waals surface area contributed by atoms with Crippen molar-refractivity contribution in [2.75, 3.05) is 120 Å². The number of imide groups is 1. The molecule has 7 atom stereocenters. The third-order valence-corrected chi connectivity index (χ3v) is 21.6. The van der Waals surface area contributed by atoms with E-state index in [0.717, 1.165) is 65.6 Å². The molecule has 594 valence electrons. The number of nitrogens with two attached hydrogens (primary N) is 1. The number of hydrogen-bond donors (Lipinski definition) is 8. The molecule has 10 amide bonds. The molecule has 33 heteroatoms. The number of carbonyl (C=O) groups excluding carboxylic acids is 9. The van der Waals surface area contributed by atoms with Crippen molar-refractivity contribution < 1.29 is 76.8 Å². The lowest BCUT2D eigenvalue weighted by Crippen LogP contribution is -2.61. The first kappa shape index (κ1) is 81.5. The molecule has 0 spiro atoms. The lowest BCUT2D eigenvalue weighted by molar-refractivity contribution is -0.141. The zero-order chi connectivity index (χ0) is 78.8. The van der Waals surface area contributed by atoms with Gasteiger partial charge in [-0.25, -0.2) is 14.6 Å². The van der Waals surface area contributed by atoms with Gasteiger partial charge in [0.15, 0.2) is 11.6 Å². The van der Waals surface area contributed by atoms with Crippen molar-refractivity contribution in [3.8, 4) is 33.3 Å². The van der Waals surface area contributed by atoms with Gasteiger partial charge in [0.05, 0.1) is 85.2 Å². The zero-order valence-corrected chi connectivity index (χ0v) is 64.2. The van der Waals surface area contributed by atoms with Gasteiger partial charge in [-0.1, -0.05) is 76.2 Å². The number of nitrogens with zero attached hydrogens (tertiary/aromatic N) is 10. The Kier molecular flexibility index (Phi) is 28.3. The molecule has 0 radical (unpaired) electrons. The molecule has 6 aromatic rings. The van der Waals surface area contributed by atoms with Gasteiger partial charge >= 0.3 is 12.1 Å². The summed E-state index contributed by atoms with van der Waals surface area (Å²) in [5.74, 6) is -3.19. The van der Waals surface area contributed by atoms with Crippen LogP contribution in [0.3, 0.4) is 0 Å². The van der Waals surface area contributed by atoms with Crippen molar-refractivity contribution >= 4 is 82.0 Å². The van der Waals surface area contributed by atoms with Crippen LogP contribution in [0.4, 0.5) is 26.8 Å². The Morgan fingerprint density at radius 2 is 1.51 bits per heavy atom. The van der Waals surface area contributed by atoms with Crippen LogP contribution in [-0.2, 0) is 54.4 Å². The summed E-state index contributed by atoms with van der Waals surface area (Å²) in [6, 6.07) is 20.7. The molecular formula is C78H100N16O16S. The number of urea groups is 1. The van der Waals surface area contributed by atoms with Crippen molar-refractivity contribution in [3.63, 3.8) is 0 Å². The Hall–Kier alpha value is -10.5. The topological polar surface area (TPSA) is 401 Å². The van der Waals surface area contributed by atoms with Crippen LogP contribution >= 0.6 is 11.3 Å². The molecule has 0 saturated carbocycles. The minimum atomic E-state index is -1.11. The Morgan fingerprint density at radius 1 is 0.775 bits per heavy atom. The number of primary amides is 1. The number of likely N-dealkylation sites (tertiary alicyclic amines) is 2. The van der Waals surface area contributed by atoms with E-state index in [4.69, 9.17) is 29.2 Å². The Morgan fingerprint density at radius 3 is 2.22 bits per heavy atom. The number of amides is 10. The number of rotatable bonds is 35. The van der Waals surface area contributed by atoms with E-state index in [9.17, 15) is 53.4 Å². The highest BCUT2D eigenvalue weighted by atomic mass is 32.1. The Balaban J connectivity index is 0.640. The molecule has 0 unspecified atom stereocenters. The van der Waals surface area contributed by atoms with E-state index in [1.54, 1.807) is 79.8 Å². The van der Waals surface area contributed by atoms with E-state index in [-0.39, 0.29) is 132 Å². The summed E-state index contributed by atoms with van der Waals surface area (Å²) in [6.07, 6.45) is 3.18. The van der Waals surface area contributed by atoms with Gasteiger partial charge in [-0.15, -0.1) is 21.5 Å². The summed E-state index contributed by atoms with van der Waals surface area (Å²) in [4.78, 5) is 135. The third kappa shape index (κ3) is 21.6. The number of β-amino-alcohol motifs (C(OH)–C–C–N with tert-alkyl or cyclic N) is 1. The predicted octanol–water partition coefficient (Wildman–Crippen LogP) is 5.65. The fourth-order valence-corrected chi connectivity index (χ4v) is 15.3. The van der Waals surface area contributed by atoms with Crippen LogP contribution in [0.15, 0.2) is 107 Å². The number of phenols is 1. The second-order valence-corrected chi connectivity index (χ2v) is 30.1. The number of benzene rings is 3. The van der Waals surface area contributed by atoms with Crippen molar-refractivity contribution in [2.45, 2.75) is 129 Å². The summed E-state index contributed by atoms with van der Waals surface area (Å²) in [7, 11) is 0. The number of thiazole rings is 1. The number of aryl methyl sites for hydroxylation is 1. The van der Waals surface area contributed by atoms with E-state index in [1.807, 2.05) is 63.5 Å². The van der Waals surface area contributed by atoms with E-state index in [0.29, 0.717) is 71.9 Å². The number of para-hydroxylation sites is 1. The molecule has 3 saturated heterocycles. The minimum Gasteiger partial charge on any atom is -0.507 e. The number of aromatic nitrogens is 4. The van der Waals surface area contributed by atoms with Crippen LogP contribution < -0.4 is 46.9 Å². The molecule has 3 fully saturated rings. The van der Waals surface area contributed by atoms with Gasteiger partial charge < -0.3 is 75.8 Å². The molecule has 11 rings (SSSR count). The SMILES string of the molecule is Cc1ncsc1-c1ccc([C@H](C)NC(=O)[C@@H]2C[C@@H](O)CN2C(=O)[C@@H](c2cc(OCCN3CCC(CN4CCN5c6cc(-c7ccccc7O)nnc6N(C(=O)OCc6ccc(NC(=O)[C@H](CCCNC(N)=O)NC(=O)[C@@H](NC(=O)CCOCCOCCN7C(=O)C=CC7=O)C(C)C)cc6)C[C@H]5C4)CC3)no2)C(C)C)cc1. The first-order valence-corrected chi connectivity index (χ1v) is 38.7. The number of hydrogen-bond acceptors (Lipinski definition) is 24. The first-order chi connectivity index (χ1) is 53.4. The zero-order valence-electron chi connectivity index (χ0n) is 63.4. The fraction of sp³-hybridized carbons (Fsp3) is 0.500. The normalized spacial score (nSPS) is 18.5. The molecule has 5 aliphatic rings. The average Bonchev–Trinajstić information content (AvgIpc) is 1.45. The van der Waals surface area contributed by atoms with Gasteiger partial charge in [0.25, 0.3) is 17.7 Å². The number of phenolic OH excluding ortho intramolecular Hbond substituents is 1. The highest BCUT2D eigenvalue weighted by Gasteiger charge is 2.45. The summed E-state index contributed by atoms with van der Waals surface area (Å²) < 4.78 is 28.9. The number of piperidine rings is 1. The fourth-order valence-electron chi connectivity index (χ4n) is 14.5. The lowest BCUT2D eigenvalue weighted by Gasteiger charge is -2.48. The number of carbonyl (C=O) groups is 9. The summed E-state index contributed by atoms with van der Waals surface area (Å²) >= 11 is 1.57. The van der Waals surface area contributed by atoms with Crippen LogP contribution in [-0.4, -0.2) is 239 Å². The second-order valence-electron chi connectivity index (χ2n) is 29.3. The highest BCUT2D eigenvalue weighted by molar-refractivity contribution is 7.13. The van der Waals surface area contributed by atoms with Gasteiger partial charge in [-0.3, -0.25) is 53.2 Å². The van der Waals surface area contributed by atoms with Crippen LogP contribution in [0.1, 0.15) is 108 Å². The summed E-state index contributed by atoms with van der Waals surface area (Å²) in [5.41, 5.74) is 12.6. The quantitative estimate of drug-likeness (QED) is 0.0176. The first-order valence-electron chi connectivity index (χ1n) is 37.9. The second kappa shape index (κ2) is 38.5. The number of aliphatic hydroxyl groups is 1. The number of anilines is 3. The molecular weight excluding hydrogens is 1450 g/mol. The number of aromatic hydroxyl groups is 1. The molecule has 3 aromatic heterocycles. The molecule has 0 bridgehead atoms. The van der Waals surface area contributed by atoms with Crippen molar-refractivity contribution in [1.29, 1.82) is 0 Å². The number of fused-ring (bicyclic) bond motifs is 3. The Labute approximate surface area is 648 Å². The highest BCUT2D eigenvalue weighted by Crippen LogP contribution is 2.40. The monoisotopic (exact) mass is 1550 g/mol. The molecule has 8 heterocycles. The van der Waals surface area contributed by atoms with Gasteiger partial charge in [0.2, 0.25) is 29.5 Å². The molecule has 3 aromatic carbocycles. The van der Waals surface area contributed by atoms with E-state index >= 15 is 0 Å². The number of piperazine rings is 1. The molecule has 111 heavy (non-hydrogen) atoms. The molecule has 9 N–H and O–H groups in total. The summed E-state index contributed by atoms with van der Waals surface area (Å²) in [5, 5.41) is 48.9. The van der Waals surface area contributed by atoms with Crippen LogP contribution in [0, 0.1) is 24.7 Å². The Bertz CT molecular complexity index is 4250. The van der Waals surface area contributed by atoms with Gasteiger partial charge in [-0.2, -0.15) is 0 Å². The number of nitrogens with one attached hydrogen (secondary N) is 5. The average molecular weight is 1550 g/mol. The van der Waals surface area contributed by atoms with Gasteiger partial charge in [-0.05, 0) is 123 Å². The molecule has 32 nitrogen and oxygen atoms in total. The maximum absolute atomic E-state index is 14.4. The third-order valence-electron chi connectivity index (χ3n) is 20.6. The minimum absolute atomic E-state index is 0.0109. The van der Waals surface area contributed by atoms with Crippen LogP contribution in [0.25, 0.3) is 21.7 Å². The number of aliphatic hydroxyl groups excluding tert-OH is 1. The predicted molar refractivity (Wildman–Crippen MR) is 411 cm³/mol. The molecule has 0 aliphatic carbocycles. The van der Waals surface area contributed by atoms with Crippen molar-refractivity contribution in [2.24, 2.45) is 23.5 Å². The van der Waals surface area contributed by atoms with E-state index in [2.05, 4.69) is 61.6 Å². The maximum atomic E-state index is 14.4. The smallest absolute Gasteiger partial charge is 0.415 e. The van der Waals surface area contributed by atoms with Crippen molar-refractivity contribution in [1.82, 2.24) is 61.2 Å². The standard InChI is InChI=1S/C78H100N16O16S/c1-47(2)69(76(103)93-44-57(95)38-62(93)74(101)82-49(5)53-15-17-54(18-16-53)71-50(6)81-46-111-71)64-40-66(88-110-64)108-35-31-89-27-23-51(24-28-89)41-90-29-30-91-56(42-90)43-94(72-61(91)39-60(86-87-72)58-10-7-8-12-63(58)96)78(105)109-45-52-13-19-55(20-14-52)83-73(100)59(11-9-26-80-77(79)104)84-75(102)70(48(3)4)85-65(97)25-33-106-36-37-107-34-32-92-67(98)21-22-68(92)99/h7-8,10,12-22,39-40,46-49,51,56-57,59,62,69-70,95-96H,9,11,23-38,41-45H2,1-6H3,(H,82,101)(H,83,100)(H,84,102)(H,85,97)(H3,79,80,104)/t49-,56+,57+,59-,62-,69+,70-/m0/s1. The maximum Gasteiger partial charge on any atom is 0.415 e. The van der Waals surface area contributed by atoms with E-state index in [1.165, 1.54) is 22.0 Å². The summed E-state index contributed by atoms with van der Waals surface area (Å²) in [6.45, 7) is 17.6. The largest absolute Gasteiger partial charge is 0.507 e.